The monoisotopic (exact) mass is 340 g/mol. The summed E-state index contributed by atoms with van der Waals surface area (Å²) in [6, 6.07) is 12.2. The molecule has 0 saturated heterocycles. The Hall–Kier alpha value is -2.17. The molecule has 2 aromatic heterocycles. The molecule has 24 heavy (non-hydrogen) atoms. The molecule has 1 N–H and O–H groups in total. The molecular formula is C19H21ClN4. The Balaban J connectivity index is 1.80. The first-order valence-electron chi connectivity index (χ1n) is 8.02. The summed E-state index contributed by atoms with van der Waals surface area (Å²) >= 11 is 6.09. The van der Waals surface area contributed by atoms with Crippen LogP contribution in [0.4, 0.5) is 0 Å². The number of pyridine rings is 1. The average Bonchev–Trinajstić information content (AvgIpc) is 2.97. The van der Waals surface area contributed by atoms with Crippen molar-refractivity contribution >= 4 is 11.6 Å². The third-order valence-electron chi connectivity index (χ3n) is 4.27. The van der Waals surface area contributed by atoms with Gasteiger partial charge in [-0.2, -0.15) is 5.10 Å². The van der Waals surface area contributed by atoms with Crippen LogP contribution in [-0.4, -0.2) is 14.8 Å². The maximum absolute atomic E-state index is 6.09. The first-order valence-corrected chi connectivity index (χ1v) is 8.40. The molecule has 0 radical (unpaired) electrons. The van der Waals surface area contributed by atoms with E-state index in [9.17, 15) is 0 Å². The van der Waals surface area contributed by atoms with Crippen LogP contribution in [0.1, 0.15) is 42.8 Å². The quantitative estimate of drug-likeness (QED) is 0.735. The van der Waals surface area contributed by atoms with Crippen molar-refractivity contribution in [3.8, 4) is 5.69 Å². The number of halogens is 1. The summed E-state index contributed by atoms with van der Waals surface area (Å²) in [6.07, 6.45) is 5.56. The average molecular weight is 341 g/mol. The molecule has 124 valence electrons. The number of benzene rings is 1. The molecule has 3 aromatic rings. The van der Waals surface area contributed by atoms with E-state index < -0.39 is 0 Å². The summed E-state index contributed by atoms with van der Waals surface area (Å²) in [5.74, 6) is 0. The molecule has 2 heterocycles. The molecule has 0 saturated carbocycles. The maximum Gasteiger partial charge on any atom is 0.0663 e. The van der Waals surface area contributed by atoms with E-state index in [1.54, 1.807) is 0 Å². The Kier molecular flexibility index (Phi) is 4.97. The van der Waals surface area contributed by atoms with E-state index in [-0.39, 0.29) is 12.1 Å². The molecule has 0 amide bonds. The summed E-state index contributed by atoms with van der Waals surface area (Å²) in [4.78, 5) is 4.07. The van der Waals surface area contributed by atoms with Crippen molar-refractivity contribution in [1.82, 2.24) is 20.1 Å². The van der Waals surface area contributed by atoms with Gasteiger partial charge in [0.05, 0.1) is 11.9 Å². The van der Waals surface area contributed by atoms with Gasteiger partial charge in [0.1, 0.15) is 0 Å². The van der Waals surface area contributed by atoms with Crippen LogP contribution < -0.4 is 5.32 Å². The van der Waals surface area contributed by atoms with E-state index in [0.717, 1.165) is 11.4 Å². The molecule has 2 atom stereocenters. The third-order valence-corrected chi connectivity index (χ3v) is 4.51. The van der Waals surface area contributed by atoms with Gasteiger partial charge in [-0.3, -0.25) is 4.98 Å². The molecule has 3 rings (SSSR count). The van der Waals surface area contributed by atoms with Crippen molar-refractivity contribution in [2.24, 2.45) is 0 Å². The Labute approximate surface area is 147 Å². The van der Waals surface area contributed by atoms with Crippen LogP contribution in [0.5, 0.6) is 0 Å². The minimum absolute atomic E-state index is 0.182. The van der Waals surface area contributed by atoms with E-state index in [1.165, 1.54) is 11.1 Å². The summed E-state index contributed by atoms with van der Waals surface area (Å²) in [6.45, 7) is 6.39. The molecule has 0 bridgehead atoms. The summed E-state index contributed by atoms with van der Waals surface area (Å²) in [5.41, 5.74) is 4.48. The van der Waals surface area contributed by atoms with Crippen LogP contribution in [0.2, 0.25) is 5.02 Å². The SMILES string of the molecule is Cc1c([C@H](C)N[C@@H](C)c2ccncc2)cnn1-c1cccc(Cl)c1. The van der Waals surface area contributed by atoms with Gasteiger partial charge in [0.25, 0.3) is 0 Å². The molecule has 0 aliphatic carbocycles. The standard InChI is InChI=1S/C19H21ClN4/c1-13(16-7-9-21-10-8-16)23-14(2)19-12-22-24(15(19)3)18-6-4-5-17(20)11-18/h4-14,23H,1-3H3/t13-,14-/m0/s1. The third kappa shape index (κ3) is 3.50. The lowest BCUT2D eigenvalue weighted by Crippen LogP contribution is -2.22. The van der Waals surface area contributed by atoms with Gasteiger partial charge in [-0.1, -0.05) is 17.7 Å². The predicted octanol–water partition coefficient (Wildman–Crippen LogP) is 4.64. The van der Waals surface area contributed by atoms with Gasteiger partial charge in [0.15, 0.2) is 0 Å². The fourth-order valence-electron chi connectivity index (χ4n) is 2.93. The Bertz CT molecular complexity index is 813. The number of nitrogens with one attached hydrogen (secondary N) is 1. The highest BCUT2D eigenvalue weighted by molar-refractivity contribution is 6.30. The molecular weight excluding hydrogens is 320 g/mol. The van der Waals surface area contributed by atoms with Gasteiger partial charge < -0.3 is 5.32 Å². The highest BCUT2D eigenvalue weighted by atomic mass is 35.5. The van der Waals surface area contributed by atoms with E-state index >= 15 is 0 Å². The smallest absolute Gasteiger partial charge is 0.0663 e. The number of hydrogen-bond donors (Lipinski definition) is 1. The van der Waals surface area contributed by atoms with E-state index in [4.69, 9.17) is 11.6 Å². The Morgan fingerprint density at radius 2 is 1.83 bits per heavy atom. The van der Waals surface area contributed by atoms with Crippen molar-refractivity contribution in [2.45, 2.75) is 32.9 Å². The predicted molar refractivity (Wildman–Crippen MR) is 97.5 cm³/mol. The van der Waals surface area contributed by atoms with Gasteiger partial charge in [0.2, 0.25) is 0 Å². The largest absolute Gasteiger partial charge is 0.304 e. The summed E-state index contributed by atoms with van der Waals surface area (Å²) in [5, 5.41) is 8.87. The number of nitrogens with zero attached hydrogens (tertiary/aromatic N) is 3. The van der Waals surface area contributed by atoms with Gasteiger partial charge in [-0.25, -0.2) is 4.68 Å². The highest BCUT2D eigenvalue weighted by Crippen LogP contribution is 2.24. The summed E-state index contributed by atoms with van der Waals surface area (Å²) in [7, 11) is 0. The van der Waals surface area contributed by atoms with E-state index in [1.807, 2.05) is 59.7 Å². The second-order valence-corrected chi connectivity index (χ2v) is 6.40. The second-order valence-electron chi connectivity index (χ2n) is 5.97. The lowest BCUT2D eigenvalue weighted by atomic mass is 10.1. The molecule has 4 nitrogen and oxygen atoms in total. The highest BCUT2D eigenvalue weighted by Gasteiger charge is 2.17. The Morgan fingerprint density at radius 1 is 1.08 bits per heavy atom. The zero-order valence-corrected chi connectivity index (χ0v) is 14.8. The van der Waals surface area contributed by atoms with Crippen LogP contribution in [0.3, 0.4) is 0 Å². The van der Waals surface area contributed by atoms with Crippen LogP contribution in [0, 0.1) is 6.92 Å². The molecule has 1 aromatic carbocycles. The lowest BCUT2D eigenvalue weighted by Gasteiger charge is -2.20. The van der Waals surface area contributed by atoms with E-state index in [0.29, 0.717) is 5.02 Å². The number of rotatable bonds is 5. The molecule has 5 heteroatoms. The van der Waals surface area contributed by atoms with Crippen LogP contribution >= 0.6 is 11.6 Å². The van der Waals surface area contributed by atoms with Gasteiger partial charge in [-0.15, -0.1) is 0 Å². The van der Waals surface area contributed by atoms with Crippen LogP contribution in [0.25, 0.3) is 5.69 Å². The van der Waals surface area contributed by atoms with Crippen molar-refractivity contribution in [2.75, 3.05) is 0 Å². The lowest BCUT2D eigenvalue weighted by molar-refractivity contribution is 0.492. The van der Waals surface area contributed by atoms with Crippen LogP contribution in [0.15, 0.2) is 55.0 Å². The maximum atomic E-state index is 6.09. The minimum atomic E-state index is 0.182. The fraction of sp³-hybridized carbons (Fsp3) is 0.263. The molecule has 0 fully saturated rings. The Morgan fingerprint density at radius 3 is 2.54 bits per heavy atom. The normalized spacial score (nSPS) is 13.7. The minimum Gasteiger partial charge on any atom is -0.304 e. The van der Waals surface area contributed by atoms with Crippen molar-refractivity contribution in [3.05, 3.63) is 76.8 Å². The zero-order valence-electron chi connectivity index (χ0n) is 14.1. The molecule has 0 aliphatic rings. The fourth-order valence-corrected chi connectivity index (χ4v) is 3.11. The summed E-state index contributed by atoms with van der Waals surface area (Å²) < 4.78 is 1.93. The van der Waals surface area contributed by atoms with Crippen LogP contribution in [-0.2, 0) is 0 Å². The van der Waals surface area contributed by atoms with Gasteiger partial charge >= 0.3 is 0 Å². The number of hydrogen-bond acceptors (Lipinski definition) is 3. The molecule has 0 aliphatic heterocycles. The number of aromatic nitrogens is 3. The van der Waals surface area contributed by atoms with Crippen molar-refractivity contribution in [1.29, 1.82) is 0 Å². The first kappa shape index (κ1) is 16.7. The van der Waals surface area contributed by atoms with Gasteiger partial charge in [-0.05, 0) is 56.7 Å². The van der Waals surface area contributed by atoms with Crippen molar-refractivity contribution in [3.63, 3.8) is 0 Å². The van der Waals surface area contributed by atoms with Gasteiger partial charge in [0, 0.05) is 40.8 Å². The second kappa shape index (κ2) is 7.16. The zero-order chi connectivity index (χ0) is 17.1. The first-order chi connectivity index (χ1) is 11.6. The molecule has 0 spiro atoms. The van der Waals surface area contributed by atoms with Crippen molar-refractivity contribution < 1.29 is 0 Å². The molecule has 0 unspecified atom stereocenters. The topological polar surface area (TPSA) is 42.7 Å². The van der Waals surface area contributed by atoms with E-state index in [2.05, 4.69) is 36.2 Å².